The van der Waals surface area contributed by atoms with E-state index in [0.29, 0.717) is 18.3 Å². The van der Waals surface area contributed by atoms with Gasteiger partial charge in [0.2, 0.25) is 0 Å². The summed E-state index contributed by atoms with van der Waals surface area (Å²) in [5.74, 6) is -0.265. The predicted molar refractivity (Wildman–Crippen MR) is 72.3 cm³/mol. The molecule has 1 saturated carbocycles. The van der Waals surface area contributed by atoms with E-state index < -0.39 is 0 Å². The van der Waals surface area contributed by atoms with Gasteiger partial charge in [-0.15, -0.1) is 0 Å². The van der Waals surface area contributed by atoms with Gasteiger partial charge in [0.1, 0.15) is 5.82 Å². The lowest BCUT2D eigenvalue weighted by molar-refractivity contribution is 0.614. The van der Waals surface area contributed by atoms with Crippen LogP contribution in [0.2, 0.25) is 0 Å². The average Bonchev–Trinajstić information content (AvgIpc) is 3.16. The second kappa shape index (κ2) is 5.01. The maximum Gasteiger partial charge on any atom is 0.146 e. The molecule has 0 aliphatic heterocycles. The van der Waals surface area contributed by atoms with E-state index in [0.717, 1.165) is 5.69 Å². The highest BCUT2D eigenvalue weighted by Crippen LogP contribution is 2.37. The molecule has 1 heterocycles. The molecule has 0 spiro atoms. The lowest BCUT2D eigenvalue weighted by Crippen LogP contribution is -2.23. The molecule has 19 heavy (non-hydrogen) atoms. The molecule has 1 unspecified atom stereocenters. The first-order valence-electron chi connectivity index (χ1n) is 6.52. The van der Waals surface area contributed by atoms with E-state index in [4.69, 9.17) is 5.73 Å². The van der Waals surface area contributed by atoms with Gasteiger partial charge in [0, 0.05) is 12.6 Å². The van der Waals surface area contributed by atoms with Crippen molar-refractivity contribution in [3.8, 4) is 0 Å². The van der Waals surface area contributed by atoms with E-state index in [9.17, 15) is 4.39 Å². The van der Waals surface area contributed by atoms with Crippen molar-refractivity contribution in [1.82, 2.24) is 9.55 Å². The number of para-hydroxylation sites is 1. The number of aromatic nitrogens is 2. The van der Waals surface area contributed by atoms with Crippen molar-refractivity contribution < 1.29 is 4.39 Å². The van der Waals surface area contributed by atoms with Crippen LogP contribution in [0.1, 0.15) is 30.6 Å². The van der Waals surface area contributed by atoms with E-state index in [2.05, 4.69) is 14.9 Å². The Morgan fingerprint density at radius 3 is 2.89 bits per heavy atom. The summed E-state index contributed by atoms with van der Waals surface area (Å²) in [6.07, 6.45) is 6.00. The fourth-order valence-electron chi connectivity index (χ4n) is 2.26. The topological polar surface area (TPSA) is 55.9 Å². The normalized spacial score (nSPS) is 16.3. The fourth-order valence-corrected chi connectivity index (χ4v) is 2.26. The number of rotatable bonds is 5. The first kappa shape index (κ1) is 12.2. The standard InChI is InChI=1S/C14H17FN4/c15-11-3-1-2-4-12(11)18-13(7-16)14-8-17-9-19(14)10-5-6-10/h1-4,8-10,13,18H,5-7,16H2. The quantitative estimate of drug-likeness (QED) is 0.868. The highest BCUT2D eigenvalue weighted by atomic mass is 19.1. The Kier molecular flexibility index (Phi) is 3.21. The van der Waals surface area contributed by atoms with Gasteiger partial charge < -0.3 is 15.6 Å². The third-order valence-electron chi connectivity index (χ3n) is 3.43. The molecular weight excluding hydrogens is 243 g/mol. The molecule has 0 saturated heterocycles. The molecule has 4 nitrogen and oxygen atoms in total. The van der Waals surface area contributed by atoms with Crippen LogP contribution < -0.4 is 11.1 Å². The lowest BCUT2D eigenvalue weighted by atomic mass is 10.2. The molecule has 0 amide bonds. The van der Waals surface area contributed by atoms with Crippen LogP contribution in [0.15, 0.2) is 36.8 Å². The van der Waals surface area contributed by atoms with Crippen LogP contribution >= 0.6 is 0 Å². The summed E-state index contributed by atoms with van der Waals surface area (Å²) in [4.78, 5) is 4.19. The van der Waals surface area contributed by atoms with Crippen molar-refractivity contribution in [3.63, 3.8) is 0 Å². The number of benzene rings is 1. The maximum atomic E-state index is 13.7. The summed E-state index contributed by atoms with van der Waals surface area (Å²) >= 11 is 0. The molecule has 1 aromatic carbocycles. The molecule has 2 aromatic rings. The van der Waals surface area contributed by atoms with Gasteiger partial charge in [-0.1, -0.05) is 12.1 Å². The molecule has 1 aromatic heterocycles. The smallest absolute Gasteiger partial charge is 0.146 e. The summed E-state index contributed by atoms with van der Waals surface area (Å²) in [6, 6.07) is 7.04. The maximum absolute atomic E-state index is 13.7. The fraction of sp³-hybridized carbons (Fsp3) is 0.357. The number of hydrogen-bond acceptors (Lipinski definition) is 3. The Hall–Kier alpha value is -1.88. The first-order valence-corrected chi connectivity index (χ1v) is 6.52. The van der Waals surface area contributed by atoms with Crippen LogP contribution in [0, 0.1) is 5.82 Å². The molecule has 3 rings (SSSR count). The van der Waals surface area contributed by atoms with Crippen LogP contribution in [-0.2, 0) is 0 Å². The lowest BCUT2D eigenvalue weighted by Gasteiger charge is -2.20. The van der Waals surface area contributed by atoms with Crippen LogP contribution in [0.4, 0.5) is 10.1 Å². The summed E-state index contributed by atoms with van der Waals surface area (Å²) in [5.41, 5.74) is 7.32. The zero-order chi connectivity index (χ0) is 13.2. The van der Waals surface area contributed by atoms with E-state index >= 15 is 0 Å². The minimum absolute atomic E-state index is 0.125. The second-order valence-corrected chi connectivity index (χ2v) is 4.87. The van der Waals surface area contributed by atoms with Gasteiger partial charge in [-0.2, -0.15) is 0 Å². The Balaban J connectivity index is 1.84. The Bertz CT molecular complexity index is 562. The monoisotopic (exact) mass is 260 g/mol. The van der Waals surface area contributed by atoms with E-state index in [1.807, 2.05) is 12.5 Å². The van der Waals surface area contributed by atoms with Crippen LogP contribution in [0.25, 0.3) is 0 Å². The third kappa shape index (κ3) is 2.46. The molecule has 5 heteroatoms. The van der Waals surface area contributed by atoms with E-state index in [1.54, 1.807) is 18.2 Å². The van der Waals surface area contributed by atoms with Gasteiger partial charge in [0.05, 0.1) is 29.9 Å². The highest BCUT2D eigenvalue weighted by molar-refractivity contribution is 5.46. The van der Waals surface area contributed by atoms with Crippen molar-refractivity contribution in [2.24, 2.45) is 5.73 Å². The number of anilines is 1. The summed E-state index contributed by atoms with van der Waals surface area (Å²) in [6.45, 7) is 0.396. The zero-order valence-corrected chi connectivity index (χ0v) is 10.6. The molecule has 1 aliphatic rings. The average molecular weight is 260 g/mol. The van der Waals surface area contributed by atoms with Gasteiger partial charge in [-0.25, -0.2) is 9.37 Å². The third-order valence-corrected chi connectivity index (χ3v) is 3.43. The molecular formula is C14H17FN4. The number of nitrogens with one attached hydrogen (secondary N) is 1. The van der Waals surface area contributed by atoms with Crippen molar-refractivity contribution in [3.05, 3.63) is 48.3 Å². The Morgan fingerprint density at radius 1 is 1.42 bits per heavy atom. The number of halogens is 1. The predicted octanol–water partition coefficient (Wildman–Crippen LogP) is 2.47. The molecule has 100 valence electrons. The van der Waals surface area contributed by atoms with Gasteiger partial charge in [0.15, 0.2) is 0 Å². The van der Waals surface area contributed by atoms with E-state index in [-0.39, 0.29) is 11.9 Å². The number of hydrogen-bond donors (Lipinski definition) is 2. The summed E-state index contributed by atoms with van der Waals surface area (Å²) in [7, 11) is 0. The number of nitrogens with zero attached hydrogens (tertiary/aromatic N) is 2. The summed E-state index contributed by atoms with van der Waals surface area (Å²) in [5, 5.41) is 3.16. The first-order chi connectivity index (χ1) is 9.29. The highest BCUT2D eigenvalue weighted by Gasteiger charge is 2.27. The van der Waals surface area contributed by atoms with Gasteiger partial charge in [-0.3, -0.25) is 0 Å². The molecule has 0 radical (unpaired) electrons. The Morgan fingerprint density at radius 2 is 2.21 bits per heavy atom. The van der Waals surface area contributed by atoms with Crippen molar-refractivity contribution in [1.29, 1.82) is 0 Å². The second-order valence-electron chi connectivity index (χ2n) is 4.87. The van der Waals surface area contributed by atoms with Crippen LogP contribution in [0.5, 0.6) is 0 Å². The minimum Gasteiger partial charge on any atom is -0.373 e. The Labute approximate surface area is 111 Å². The van der Waals surface area contributed by atoms with Crippen molar-refractivity contribution in [2.45, 2.75) is 24.9 Å². The molecule has 3 N–H and O–H groups in total. The summed E-state index contributed by atoms with van der Waals surface area (Å²) < 4.78 is 15.8. The number of imidazole rings is 1. The van der Waals surface area contributed by atoms with Gasteiger partial charge >= 0.3 is 0 Å². The number of nitrogens with two attached hydrogens (primary N) is 1. The minimum atomic E-state index is -0.265. The van der Waals surface area contributed by atoms with E-state index in [1.165, 1.54) is 18.9 Å². The van der Waals surface area contributed by atoms with Crippen LogP contribution in [-0.4, -0.2) is 16.1 Å². The van der Waals surface area contributed by atoms with Gasteiger partial charge in [0.25, 0.3) is 0 Å². The zero-order valence-electron chi connectivity index (χ0n) is 10.6. The van der Waals surface area contributed by atoms with Crippen molar-refractivity contribution in [2.75, 3.05) is 11.9 Å². The molecule has 1 fully saturated rings. The van der Waals surface area contributed by atoms with Gasteiger partial charge in [-0.05, 0) is 25.0 Å². The molecule has 1 atom stereocenters. The van der Waals surface area contributed by atoms with Crippen molar-refractivity contribution >= 4 is 5.69 Å². The largest absolute Gasteiger partial charge is 0.373 e. The SMILES string of the molecule is NCC(Nc1ccccc1F)c1cncn1C1CC1. The molecule has 1 aliphatic carbocycles. The molecule has 0 bridgehead atoms. The van der Waals surface area contributed by atoms with Crippen LogP contribution in [0.3, 0.4) is 0 Å².